The van der Waals surface area contributed by atoms with Crippen molar-refractivity contribution in [1.82, 2.24) is 15.1 Å². The molecule has 0 bridgehead atoms. The van der Waals surface area contributed by atoms with Gasteiger partial charge in [0.25, 0.3) is 0 Å². The van der Waals surface area contributed by atoms with Crippen molar-refractivity contribution >= 4 is 6.01 Å². The molecule has 1 aromatic heterocycles. The maximum Gasteiger partial charge on any atom is 0.318 e. The van der Waals surface area contributed by atoms with E-state index >= 15 is 0 Å². The van der Waals surface area contributed by atoms with Gasteiger partial charge in [0, 0.05) is 33.1 Å². The smallest absolute Gasteiger partial charge is 0.318 e. The Bertz CT molecular complexity index is 498. The number of nitrogens with zero attached hydrogens (tertiary/aromatic N) is 4. The van der Waals surface area contributed by atoms with Gasteiger partial charge in [-0.2, -0.15) is 0 Å². The molecule has 1 atom stereocenters. The van der Waals surface area contributed by atoms with E-state index in [1.54, 1.807) is 0 Å². The van der Waals surface area contributed by atoms with Crippen molar-refractivity contribution in [2.45, 2.75) is 38.2 Å². The summed E-state index contributed by atoms with van der Waals surface area (Å²) in [6.07, 6.45) is 5.09. The Hall–Kier alpha value is -1.14. The van der Waals surface area contributed by atoms with E-state index in [9.17, 15) is 0 Å². The zero-order valence-electron chi connectivity index (χ0n) is 12.8. The highest BCUT2D eigenvalue weighted by Crippen LogP contribution is 2.34. The summed E-state index contributed by atoms with van der Waals surface area (Å²) >= 11 is 0. The van der Waals surface area contributed by atoms with Crippen LogP contribution in [0.4, 0.5) is 6.01 Å². The molecule has 0 aromatic carbocycles. The van der Waals surface area contributed by atoms with Crippen molar-refractivity contribution in [3.8, 4) is 0 Å². The number of morpholine rings is 1. The number of ether oxygens (including phenoxy) is 1. The van der Waals surface area contributed by atoms with Crippen molar-refractivity contribution in [2.24, 2.45) is 5.92 Å². The third-order valence-corrected chi connectivity index (χ3v) is 4.87. The first-order valence-corrected chi connectivity index (χ1v) is 8.14. The minimum atomic E-state index is -0.0479. The van der Waals surface area contributed by atoms with Crippen LogP contribution in [0.15, 0.2) is 4.42 Å². The third kappa shape index (κ3) is 2.92. The summed E-state index contributed by atoms with van der Waals surface area (Å²) in [5.41, 5.74) is -0.0479. The second-order valence-electron chi connectivity index (χ2n) is 6.84. The summed E-state index contributed by atoms with van der Waals surface area (Å²) in [4.78, 5) is 4.80. The van der Waals surface area contributed by atoms with E-state index < -0.39 is 0 Å². The molecule has 0 radical (unpaired) electrons. The topological polar surface area (TPSA) is 54.6 Å². The monoisotopic (exact) mass is 292 g/mol. The van der Waals surface area contributed by atoms with Crippen LogP contribution in [0.2, 0.25) is 0 Å². The number of hydrogen-bond donors (Lipinski definition) is 0. The normalized spacial score (nSPS) is 31.0. The molecule has 0 amide bonds. The highest BCUT2D eigenvalue weighted by molar-refractivity contribution is 5.27. The van der Waals surface area contributed by atoms with Crippen LogP contribution in [-0.4, -0.2) is 60.0 Å². The quantitative estimate of drug-likeness (QED) is 0.840. The lowest BCUT2D eigenvalue weighted by atomic mass is 9.91. The standard InChI is InChI=1S/C15H24N4O2/c1-12-16-17-14(21-12)19-6-2-5-15(11-19)10-18(7-8-20-15)9-13-3-4-13/h13H,2-11H2,1H3. The molecule has 3 aliphatic rings. The summed E-state index contributed by atoms with van der Waals surface area (Å²) in [6, 6.07) is 0.648. The Morgan fingerprint density at radius 3 is 2.90 bits per heavy atom. The van der Waals surface area contributed by atoms with Crippen molar-refractivity contribution in [2.75, 3.05) is 44.2 Å². The Morgan fingerprint density at radius 1 is 1.24 bits per heavy atom. The van der Waals surface area contributed by atoms with E-state index in [4.69, 9.17) is 9.15 Å². The van der Waals surface area contributed by atoms with Gasteiger partial charge in [-0.1, -0.05) is 5.10 Å². The second kappa shape index (κ2) is 5.25. The van der Waals surface area contributed by atoms with Gasteiger partial charge in [0.15, 0.2) is 0 Å². The largest absolute Gasteiger partial charge is 0.408 e. The molecule has 3 fully saturated rings. The van der Waals surface area contributed by atoms with Crippen LogP contribution in [0.3, 0.4) is 0 Å². The van der Waals surface area contributed by atoms with Crippen molar-refractivity contribution < 1.29 is 9.15 Å². The van der Waals surface area contributed by atoms with E-state index in [1.165, 1.54) is 19.4 Å². The van der Waals surface area contributed by atoms with Crippen LogP contribution >= 0.6 is 0 Å². The lowest BCUT2D eigenvalue weighted by Crippen LogP contribution is -2.60. The summed E-state index contributed by atoms with van der Waals surface area (Å²) in [7, 11) is 0. The number of rotatable bonds is 3. The van der Waals surface area contributed by atoms with Gasteiger partial charge in [0.2, 0.25) is 5.89 Å². The zero-order valence-corrected chi connectivity index (χ0v) is 12.8. The van der Waals surface area contributed by atoms with E-state index in [0.29, 0.717) is 11.9 Å². The Balaban J connectivity index is 1.45. The summed E-state index contributed by atoms with van der Waals surface area (Å²) in [5.74, 6) is 1.57. The Kier molecular flexibility index (Phi) is 3.38. The van der Waals surface area contributed by atoms with E-state index in [1.807, 2.05) is 6.92 Å². The number of anilines is 1. The SMILES string of the molecule is Cc1nnc(N2CCCC3(CN(CC4CC4)CCO3)C2)o1. The molecule has 1 aliphatic carbocycles. The molecule has 21 heavy (non-hydrogen) atoms. The Morgan fingerprint density at radius 2 is 2.14 bits per heavy atom. The predicted octanol–water partition coefficient (Wildman–Crippen LogP) is 1.46. The van der Waals surface area contributed by atoms with Crippen LogP contribution in [0.5, 0.6) is 0 Å². The summed E-state index contributed by atoms with van der Waals surface area (Å²) < 4.78 is 11.8. The molecular weight excluding hydrogens is 268 g/mol. The number of piperidine rings is 1. The molecule has 6 heteroatoms. The number of aryl methyl sites for hydroxylation is 1. The maximum atomic E-state index is 6.22. The highest BCUT2D eigenvalue weighted by Gasteiger charge is 2.42. The van der Waals surface area contributed by atoms with Crippen molar-refractivity contribution in [3.63, 3.8) is 0 Å². The molecule has 2 saturated heterocycles. The third-order valence-electron chi connectivity index (χ3n) is 4.87. The first-order chi connectivity index (χ1) is 10.2. The molecule has 1 saturated carbocycles. The zero-order chi connectivity index (χ0) is 14.3. The molecule has 0 N–H and O–H groups in total. The maximum absolute atomic E-state index is 6.22. The van der Waals surface area contributed by atoms with Gasteiger partial charge in [0.05, 0.1) is 18.8 Å². The molecule has 1 aromatic rings. The van der Waals surface area contributed by atoms with Gasteiger partial charge in [-0.3, -0.25) is 4.90 Å². The fourth-order valence-corrected chi connectivity index (χ4v) is 3.67. The summed E-state index contributed by atoms with van der Waals surface area (Å²) in [5, 5.41) is 8.11. The number of hydrogen-bond acceptors (Lipinski definition) is 6. The van der Waals surface area contributed by atoms with Crippen molar-refractivity contribution in [3.05, 3.63) is 5.89 Å². The van der Waals surface area contributed by atoms with Gasteiger partial charge in [-0.25, -0.2) is 0 Å². The van der Waals surface area contributed by atoms with E-state index in [0.717, 1.165) is 51.5 Å². The lowest BCUT2D eigenvalue weighted by Gasteiger charge is -2.47. The molecule has 3 heterocycles. The minimum absolute atomic E-state index is 0.0479. The molecule has 116 valence electrons. The average Bonchev–Trinajstić information content (AvgIpc) is 3.17. The van der Waals surface area contributed by atoms with Crippen LogP contribution in [-0.2, 0) is 4.74 Å². The van der Waals surface area contributed by atoms with Crippen LogP contribution in [0, 0.1) is 12.8 Å². The van der Waals surface area contributed by atoms with Gasteiger partial charge in [-0.05, 0) is 31.6 Å². The van der Waals surface area contributed by atoms with Gasteiger partial charge < -0.3 is 14.1 Å². The van der Waals surface area contributed by atoms with Crippen LogP contribution in [0.25, 0.3) is 0 Å². The Labute approximate surface area is 125 Å². The first kappa shape index (κ1) is 13.5. The second-order valence-corrected chi connectivity index (χ2v) is 6.84. The molecular formula is C15H24N4O2. The predicted molar refractivity (Wildman–Crippen MR) is 78.3 cm³/mol. The van der Waals surface area contributed by atoms with Crippen molar-refractivity contribution in [1.29, 1.82) is 0 Å². The number of aromatic nitrogens is 2. The van der Waals surface area contributed by atoms with Crippen LogP contribution < -0.4 is 4.90 Å². The molecule has 1 unspecified atom stereocenters. The van der Waals surface area contributed by atoms with E-state index in [2.05, 4.69) is 20.0 Å². The minimum Gasteiger partial charge on any atom is -0.408 e. The first-order valence-electron chi connectivity index (χ1n) is 8.14. The fraction of sp³-hybridized carbons (Fsp3) is 0.867. The van der Waals surface area contributed by atoms with E-state index in [-0.39, 0.29) is 5.60 Å². The fourth-order valence-electron chi connectivity index (χ4n) is 3.67. The lowest BCUT2D eigenvalue weighted by molar-refractivity contribution is -0.115. The van der Waals surface area contributed by atoms with Gasteiger partial charge >= 0.3 is 6.01 Å². The molecule has 4 rings (SSSR count). The van der Waals surface area contributed by atoms with Gasteiger partial charge in [-0.15, -0.1) is 5.10 Å². The highest BCUT2D eigenvalue weighted by atomic mass is 16.5. The molecule has 1 spiro atoms. The molecule has 2 aliphatic heterocycles. The average molecular weight is 292 g/mol. The van der Waals surface area contributed by atoms with Gasteiger partial charge in [0.1, 0.15) is 0 Å². The molecule has 6 nitrogen and oxygen atoms in total. The summed E-state index contributed by atoms with van der Waals surface area (Å²) in [6.45, 7) is 7.93. The van der Waals surface area contributed by atoms with Crippen LogP contribution in [0.1, 0.15) is 31.6 Å².